The van der Waals surface area contributed by atoms with Gasteiger partial charge in [0, 0.05) is 11.6 Å². The van der Waals surface area contributed by atoms with Gasteiger partial charge in [0.25, 0.3) is 5.91 Å². The van der Waals surface area contributed by atoms with Gasteiger partial charge < -0.3 is 15.2 Å². The molecule has 2 bridgehead atoms. The van der Waals surface area contributed by atoms with Crippen LogP contribution in [0.3, 0.4) is 0 Å². The van der Waals surface area contributed by atoms with Crippen molar-refractivity contribution in [3.05, 3.63) is 28.8 Å². The smallest absolute Gasteiger partial charge is 0.309 e. The Hall–Kier alpha value is -1.75. The second kappa shape index (κ2) is 7.94. The van der Waals surface area contributed by atoms with Crippen molar-refractivity contribution in [1.82, 2.24) is 5.32 Å². The molecule has 2 aliphatic carbocycles. The van der Waals surface area contributed by atoms with Crippen LogP contribution in [-0.4, -0.2) is 29.1 Å². The van der Waals surface area contributed by atoms with Gasteiger partial charge in [0.15, 0.2) is 5.60 Å². The number of rotatable bonds is 7. The Morgan fingerprint density at radius 2 is 2.11 bits per heavy atom. The molecular weight excluding hydrogens is 378 g/mol. The van der Waals surface area contributed by atoms with Gasteiger partial charge in [-0.3, -0.25) is 9.59 Å². The van der Waals surface area contributed by atoms with Crippen LogP contribution in [0.4, 0.5) is 0 Å². The quantitative estimate of drug-likeness (QED) is 0.692. The summed E-state index contributed by atoms with van der Waals surface area (Å²) in [4.78, 5) is 24.4. The lowest BCUT2D eigenvalue weighted by Gasteiger charge is -2.35. The van der Waals surface area contributed by atoms with Gasteiger partial charge in [-0.25, -0.2) is 0 Å². The molecule has 1 unspecified atom stereocenters. The van der Waals surface area contributed by atoms with Crippen LogP contribution in [0.25, 0.3) is 0 Å². The van der Waals surface area contributed by atoms with Gasteiger partial charge in [0.1, 0.15) is 5.75 Å². The summed E-state index contributed by atoms with van der Waals surface area (Å²) in [5.41, 5.74) is -0.650. The molecule has 1 aromatic carbocycles. The van der Waals surface area contributed by atoms with E-state index in [1.807, 2.05) is 6.92 Å². The topological polar surface area (TPSA) is 75.6 Å². The third-order valence-electron chi connectivity index (χ3n) is 6.40. The lowest BCUT2D eigenvalue weighted by Crippen LogP contribution is -2.47. The van der Waals surface area contributed by atoms with E-state index in [1.54, 1.807) is 32.0 Å². The zero-order valence-corrected chi connectivity index (χ0v) is 17.6. The fourth-order valence-corrected chi connectivity index (χ4v) is 5.11. The summed E-state index contributed by atoms with van der Waals surface area (Å²) in [7, 11) is 0. The van der Waals surface area contributed by atoms with Crippen LogP contribution in [-0.2, 0) is 9.59 Å². The second-order valence-electron chi connectivity index (χ2n) is 9.07. The lowest BCUT2D eigenvalue weighted by atomic mass is 9.70. The second-order valence-corrected chi connectivity index (χ2v) is 9.50. The highest BCUT2D eigenvalue weighted by molar-refractivity contribution is 6.30. The molecule has 2 aliphatic rings. The maximum Gasteiger partial charge on any atom is 0.309 e. The number of fused-ring (bicyclic) bond motifs is 2. The zero-order valence-electron chi connectivity index (χ0n) is 16.9. The first-order chi connectivity index (χ1) is 13.1. The Morgan fingerprint density at radius 3 is 2.79 bits per heavy atom. The fraction of sp³-hybridized carbons (Fsp3) is 0.636. The van der Waals surface area contributed by atoms with E-state index in [4.69, 9.17) is 16.3 Å². The summed E-state index contributed by atoms with van der Waals surface area (Å²) in [6.07, 6.45) is 5.28. The summed E-state index contributed by atoms with van der Waals surface area (Å²) in [5, 5.41) is 13.2. The van der Waals surface area contributed by atoms with Gasteiger partial charge >= 0.3 is 5.97 Å². The predicted molar refractivity (Wildman–Crippen MR) is 109 cm³/mol. The maximum absolute atomic E-state index is 12.6. The van der Waals surface area contributed by atoms with Crippen LogP contribution >= 0.6 is 11.6 Å². The standard InChI is InChI=1S/C22H30ClNO4/c1-14-10-17(23)4-5-18(14)28-21(2,3)19(25)24-9-7-16-11-15-6-8-22(12-15,13-16)20(26)27/h4-5,10,15-16H,6-9,11-13H2,1-3H3,(H,24,25)(H,26,27)/t15-,16?,22-/m0/s1. The summed E-state index contributed by atoms with van der Waals surface area (Å²) < 4.78 is 5.94. The van der Waals surface area contributed by atoms with Crippen LogP contribution in [0.2, 0.25) is 5.02 Å². The average molecular weight is 408 g/mol. The first-order valence-electron chi connectivity index (χ1n) is 10.1. The molecule has 0 aliphatic heterocycles. The largest absolute Gasteiger partial charge is 0.481 e. The van der Waals surface area contributed by atoms with Gasteiger partial charge in [-0.2, -0.15) is 0 Å². The van der Waals surface area contributed by atoms with Crippen LogP contribution in [0, 0.1) is 24.2 Å². The van der Waals surface area contributed by atoms with Gasteiger partial charge in [0.05, 0.1) is 5.41 Å². The van der Waals surface area contributed by atoms with E-state index >= 15 is 0 Å². The molecule has 0 heterocycles. The van der Waals surface area contributed by atoms with E-state index in [0.29, 0.717) is 29.2 Å². The van der Waals surface area contributed by atoms with E-state index in [2.05, 4.69) is 5.32 Å². The number of hydrogen-bond donors (Lipinski definition) is 2. The molecule has 0 radical (unpaired) electrons. The highest BCUT2D eigenvalue weighted by atomic mass is 35.5. The molecule has 2 saturated carbocycles. The van der Waals surface area contributed by atoms with Crippen LogP contribution in [0.5, 0.6) is 5.75 Å². The number of ether oxygens (including phenoxy) is 1. The number of nitrogens with one attached hydrogen (secondary N) is 1. The van der Waals surface area contributed by atoms with Gasteiger partial charge in [-0.15, -0.1) is 0 Å². The molecule has 1 amide bonds. The van der Waals surface area contributed by atoms with E-state index < -0.39 is 17.0 Å². The number of carbonyl (C=O) groups excluding carboxylic acids is 1. The summed E-state index contributed by atoms with van der Waals surface area (Å²) in [6, 6.07) is 5.32. The van der Waals surface area contributed by atoms with E-state index in [-0.39, 0.29) is 5.91 Å². The minimum atomic E-state index is -1.01. The molecule has 0 spiro atoms. The minimum absolute atomic E-state index is 0.173. The average Bonchev–Trinajstić information content (AvgIpc) is 2.93. The van der Waals surface area contributed by atoms with Crippen molar-refractivity contribution >= 4 is 23.5 Å². The molecule has 1 aromatic rings. The van der Waals surface area contributed by atoms with Crippen molar-refractivity contribution in [2.45, 2.75) is 64.9 Å². The Morgan fingerprint density at radius 1 is 1.36 bits per heavy atom. The highest BCUT2D eigenvalue weighted by Crippen LogP contribution is 2.54. The minimum Gasteiger partial charge on any atom is -0.481 e. The molecular formula is C22H30ClNO4. The van der Waals surface area contributed by atoms with Gasteiger partial charge in [-0.05, 0) is 94.9 Å². The number of aliphatic carboxylic acids is 1. The number of benzene rings is 1. The normalized spacial score (nSPS) is 26.7. The van der Waals surface area contributed by atoms with Crippen LogP contribution in [0.15, 0.2) is 18.2 Å². The van der Waals surface area contributed by atoms with Crippen molar-refractivity contribution in [2.24, 2.45) is 17.3 Å². The number of carbonyl (C=O) groups is 2. The van der Waals surface area contributed by atoms with E-state index in [9.17, 15) is 14.7 Å². The highest BCUT2D eigenvalue weighted by Gasteiger charge is 2.50. The lowest BCUT2D eigenvalue weighted by molar-refractivity contribution is -0.151. The SMILES string of the molecule is Cc1cc(Cl)ccc1OC(C)(C)C(=O)NCCC1C[C@@H]2CC[C@@](C(=O)O)(C1)C2. The molecule has 0 aromatic heterocycles. The van der Waals surface area contributed by atoms with E-state index in [1.165, 1.54) is 0 Å². The molecule has 2 fully saturated rings. The summed E-state index contributed by atoms with van der Waals surface area (Å²) in [5.74, 6) is 0.709. The van der Waals surface area contributed by atoms with E-state index in [0.717, 1.165) is 44.1 Å². The fourth-order valence-electron chi connectivity index (χ4n) is 4.88. The van der Waals surface area contributed by atoms with Gasteiger partial charge in [-0.1, -0.05) is 11.6 Å². The molecule has 5 nitrogen and oxygen atoms in total. The molecule has 3 rings (SSSR count). The summed E-state index contributed by atoms with van der Waals surface area (Å²) in [6.45, 7) is 5.93. The molecule has 28 heavy (non-hydrogen) atoms. The number of carboxylic acid groups (broad SMARTS) is 1. The number of hydrogen-bond acceptors (Lipinski definition) is 3. The van der Waals surface area contributed by atoms with Crippen LogP contribution < -0.4 is 10.1 Å². The maximum atomic E-state index is 12.6. The summed E-state index contributed by atoms with van der Waals surface area (Å²) >= 11 is 5.98. The number of aryl methyl sites for hydroxylation is 1. The molecule has 154 valence electrons. The van der Waals surface area contributed by atoms with Crippen molar-refractivity contribution in [2.75, 3.05) is 6.54 Å². The third-order valence-corrected chi connectivity index (χ3v) is 6.63. The Kier molecular flexibility index (Phi) is 5.95. The number of carboxylic acids is 1. The van der Waals surface area contributed by atoms with Crippen molar-refractivity contribution in [1.29, 1.82) is 0 Å². The number of halogens is 1. The Bertz CT molecular complexity index is 763. The first kappa shape index (κ1) is 21.0. The molecule has 6 heteroatoms. The van der Waals surface area contributed by atoms with Crippen molar-refractivity contribution in [3.8, 4) is 5.75 Å². The molecule has 2 N–H and O–H groups in total. The monoisotopic (exact) mass is 407 g/mol. The van der Waals surface area contributed by atoms with Crippen molar-refractivity contribution < 1.29 is 19.4 Å². The zero-order chi connectivity index (χ0) is 20.5. The van der Waals surface area contributed by atoms with Crippen molar-refractivity contribution in [3.63, 3.8) is 0 Å². The van der Waals surface area contributed by atoms with Crippen LogP contribution in [0.1, 0.15) is 57.9 Å². The number of amides is 1. The molecule has 3 atom stereocenters. The third kappa shape index (κ3) is 4.45. The predicted octanol–water partition coefficient (Wildman–Crippen LogP) is 4.59. The van der Waals surface area contributed by atoms with Gasteiger partial charge in [0.2, 0.25) is 0 Å². The molecule has 0 saturated heterocycles. The Labute approximate surface area is 171 Å². The first-order valence-corrected chi connectivity index (χ1v) is 10.5. The Balaban J connectivity index is 1.51.